The highest BCUT2D eigenvalue weighted by Crippen LogP contribution is 2.58. The zero-order chi connectivity index (χ0) is 87.2. The van der Waals surface area contributed by atoms with Gasteiger partial charge in [-0.3, -0.25) is 32.4 Å². The molecule has 6 unspecified atom stereocenters. The predicted octanol–water partition coefficient (Wildman–Crippen LogP) is 11.8. The molecule has 0 spiro atoms. The van der Waals surface area contributed by atoms with Crippen LogP contribution < -0.4 is 21.7 Å². The quantitative estimate of drug-likeness (QED) is 0.00682. The molecule has 648 valence electrons. The third-order valence-corrected chi connectivity index (χ3v) is 35.0. The Hall–Kier alpha value is -5.84. The first-order valence-electron chi connectivity index (χ1n) is 37.0. The zero-order valence-electron chi connectivity index (χ0n) is 66.9. The Bertz CT molecular complexity index is 4990. The van der Waals surface area contributed by atoms with E-state index in [1.165, 1.54) is 49.0 Å². The average Bonchev–Trinajstić information content (AvgIpc) is 1.63. The molecule has 3 fully saturated rings. The number of benzene rings is 3. The molecule has 3 aliphatic rings. The Morgan fingerprint density at radius 2 is 0.771 bits per heavy atom. The molecule has 9 aromatic rings. The van der Waals surface area contributed by atoms with Crippen LogP contribution in [0.3, 0.4) is 0 Å². The summed E-state index contributed by atoms with van der Waals surface area (Å²) in [5.74, 6) is -0.919. The number of rotatable bonds is 29. The summed E-state index contributed by atoms with van der Waals surface area (Å²) >= 11 is 22.1. The van der Waals surface area contributed by atoms with Gasteiger partial charge in [0.1, 0.15) is 43.1 Å². The molecule has 0 aliphatic carbocycles. The Morgan fingerprint density at radius 3 is 1.08 bits per heavy atom. The third kappa shape index (κ3) is 29.2. The molecule has 0 bridgehead atoms. The van der Waals surface area contributed by atoms with Crippen molar-refractivity contribution < 1.29 is 95.8 Å². The number of aliphatic hydroxyl groups excluding tert-OH is 4. The van der Waals surface area contributed by atoms with Gasteiger partial charge >= 0.3 is 19.5 Å². The lowest BCUT2D eigenvalue weighted by Gasteiger charge is -2.24. The minimum atomic E-state index is -4.70. The third-order valence-electron chi connectivity index (χ3n) is 17.7. The van der Waals surface area contributed by atoms with Crippen LogP contribution in [0.4, 0.5) is 17.5 Å². The van der Waals surface area contributed by atoms with Crippen molar-refractivity contribution in [2.24, 2.45) is 5.73 Å². The van der Waals surface area contributed by atoms with Gasteiger partial charge in [-0.25, -0.2) is 15.0 Å². The molecule has 15 atom stereocenters. The van der Waals surface area contributed by atoms with Crippen LogP contribution in [0.15, 0.2) is 110 Å². The molecule has 12 N–H and O–H groups in total. The van der Waals surface area contributed by atoms with Crippen LogP contribution in [-0.2, 0) is 80.3 Å². The fourth-order valence-corrected chi connectivity index (χ4v) is 31.5. The lowest BCUT2D eigenvalue weighted by Crippen LogP contribution is -2.39. The molecule has 3 aliphatic heterocycles. The van der Waals surface area contributed by atoms with Gasteiger partial charge in [0.25, 0.3) is 0 Å². The van der Waals surface area contributed by atoms with Crippen molar-refractivity contribution in [3.8, 4) is 0 Å². The number of hydrogen-bond donors (Lipinski definition) is 11. The van der Waals surface area contributed by atoms with Gasteiger partial charge in [0.15, 0.2) is 81.8 Å². The largest absolute Gasteiger partial charge is 0.456 e. The molecule has 47 heteroatoms. The number of aliphatic hydroxyl groups is 4. The number of nitrogens with two attached hydrogens (primary N) is 1. The van der Waals surface area contributed by atoms with Crippen molar-refractivity contribution in [2.75, 3.05) is 99.2 Å². The summed E-state index contributed by atoms with van der Waals surface area (Å²) < 4.78 is 107. The van der Waals surface area contributed by atoms with E-state index in [0.717, 1.165) is 16.7 Å². The van der Waals surface area contributed by atoms with Crippen LogP contribution in [0.2, 0.25) is 35.5 Å². The van der Waals surface area contributed by atoms with Crippen LogP contribution in [0.1, 0.15) is 68.5 Å². The minimum absolute atomic E-state index is 0.00474. The first-order chi connectivity index (χ1) is 55.1. The summed E-state index contributed by atoms with van der Waals surface area (Å²) in [5, 5.41) is 51.9. The molecule has 6 aromatic heterocycles. The van der Waals surface area contributed by atoms with Gasteiger partial charge < -0.3 is 98.7 Å². The maximum Gasteiger partial charge on any atom is 0.335 e. The first-order valence-corrected chi connectivity index (χ1v) is 58.3. The van der Waals surface area contributed by atoms with E-state index in [1.807, 2.05) is 91.0 Å². The van der Waals surface area contributed by atoms with Crippen LogP contribution >= 0.6 is 93.6 Å². The number of halogens is 4. The number of imidazole rings is 3. The van der Waals surface area contributed by atoms with Crippen molar-refractivity contribution in [3.05, 3.63) is 143 Å². The smallest absolute Gasteiger partial charge is 0.335 e. The Morgan fingerprint density at radius 1 is 0.475 bits per heavy atom. The molecule has 9 heterocycles. The lowest BCUT2D eigenvalue weighted by atomic mass is 10.1. The summed E-state index contributed by atoms with van der Waals surface area (Å²) in [5.41, 5.74) is 9.64. The van der Waals surface area contributed by atoms with E-state index in [2.05, 4.69) is 101 Å². The number of carbonyl (C=O) groups excluding carboxylic acids is 2. The number of anilines is 3. The number of ether oxygens (including phenoxy) is 5. The summed E-state index contributed by atoms with van der Waals surface area (Å²) in [7, 11) is -17.8. The molecule has 0 radical (unpaired) electrons. The highest BCUT2D eigenvalue weighted by atomic mass is 79.9. The molecule has 3 aromatic carbocycles. The van der Waals surface area contributed by atoms with E-state index in [0.29, 0.717) is 64.9 Å². The van der Waals surface area contributed by atoms with Gasteiger partial charge in [0.2, 0.25) is 23.2 Å². The standard InChI is InChI=1S/C26H34ClN5O7P2.C22H30ClN5O5P2.C19H24ClN5O8P2.C3H9BrSi.CH5N/c1-16(33)37-21-19(11-12-41(5,36)15-40(3,4)35)39-25(22(21)38-17(2)34)32-14-29-20-23(30-26(27)31-24(20)32)28-13-18-9-7-6-8-10-18;1-34(2,31)13-35(3,32)10-9-15-17(29)18(30)21(33-15)28-12-25-16-19(26-22(23)27-20(16)28)24-11-14-7-5-4-6-8-14;20-19-23-16(21-8-11-4-2-1-3-5-11)13-17(24-19)25(9-22-13)18-15(27)14(26)12(33-18)6-7-34(28,29)10-35(30,31)32;1-5(2,3)4;1-2/h6-10,14,19,21-22,25H,11-13,15H2,1-5H3,(H,28,30,31);4-8,12,15,17-18,21,29-30H,9-11,13H2,1-3H3,(H,24,26,27);1-5,9,12,14-15,18,26-27H,6-8,10H2,(H,28,29)(H,21,23,24)(H2,30,31,32);1-3H3;2H2,1H3/t19-,21?,22+,25-,41?;15-,17?,18+,21-,35?;12-,14?,15+,18-;;/m111../s1. The molecule has 3 saturated heterocycles. The van der Waals surface area contributed by atoms with Crippen LogP contribution in [0.5, 0.6) is 0 Å². The van der Waals surface area contributed by atoms with E-state index in [4.69, 9.17) is 68.3 Å². The van der Waals surface area contributed by atoms with Gasteiger partial charge in [0.05, 0.1) is 71.6 Å². The first kappa shape index (κ1) is 97.6. The SMILES string of the molecule is CC(=O)OC1[C@@H](CCP(C)(=O)CP(C)(C)=O)O[C@@H](n2cnc3c(NCc4ccccc4)nc(Cl)nc32)[C@H]1OC(C)=O.CN.CP(C)(=O)CP(C)(=O)CC[C@H]1O[C@@H](n2cnc3c(NCc4ccccc4)nc(Cl)nc32)[C@@H](O)C1O.C[Si](C)(C)Br.O=P(O)(O)CP(=O)(O)CC[C@H]1O[C@@H](n2cnc3c(NCc4ccccc4)nc(Cl)nc32)[C@@H](O)C1O. The number of nitrogens with one attached hydrogen (secondary N) is 3. The van der Waals surface area contributed by atoms with Gasteiger partial charge in [-0.15, -0.1) is 15.3 Å². The topological polar surface area (TPSA) is 517 Å². The highest BCUT2D eigenvalue weighted by molar-refractivity contribution is 9.26. The Balaban J connectivity index is 0.000000213. The zero-order valence-corrected chi connectivity index (χ0v) is 77.1. The van der Waals surface area contributed by atoms with Crippen LogP contribution in [0, 0.1) is 0 Å². The van der Waals surface area contributed by atoms with Gasteiger partial charge in [-0.1, -0.05) is 111 Å². The van der Waals surface area contributed by atoms with E-state index >= 15 is 0 Å². The molecular weight excluding hydrogens is 1800 g/mol. The highest BCUT2D eigenvalue weighted by Gasteiger charge is 2.52. The van der Waals surface area contributed by atoms with E-state index < -0.39 is 148 Å². The fraction of sp³-hybridized carbons (Fsp3) is 0.507. The summed E-state index contributed by atoms with van der Waals surface area (Å²) in [6, 6.07) is 29.0. The van der Waals surface area contributed by atoms with Crippen molar-refractivity contribution >= 4 is 163 Å². The number of carbonyl (C=O) groups is 2. The number of esters is 2. The number of fused-ring (bicyclic) bond motifs is 3. The van der Waals surface area contributed by atoms with Crippen LogP contribution in [-0.4, -0.2) is 250 Å². The Labute approximate surface area is 706 Å². The number of hydrogen-bond acceptors (Lipinski definition) is 30. The Kier molecular flexibility index (Phi) is 34.8. The van der Waals surface area contributed by atoms with Crippen LogP contribution in [0.25, 0.3) is 33.5 Å². The van der Waals surface area contributed by atoms with Crippen molar-refractivity contribution in [1.29, 1.82) is 0 Å². The molecule has 12 rings (SSSR count). The molecule has 0 saturated carbocycles. The van der Waals surface area contributed by atoms with E-state index in [-0.39, 0.29) is 64.9 Å². The molecule has 118 heavy (non-hydrogen) atoms. The predicted molar refractivity (Wildman–Crippen MR) is 462 cm³/mol. The van der Waals surface area contributed by atoms with Crippen molar-refractivity contribution in [3.63, 3.8) is 0 Å². The normalized spacial score (nSPS) is 22.8. The number of nitrogens with zero attached hydrogens (tertiary/aromatic N) is 12. The number of aromatic nitrogens is 12. The monoisotopic (exact) mass is 1900 g/mol. The van der Waals surface area contributed by atoms with Gasteiger partial charge in [-0.2, -0.15) is 29.9 Å². The minimum Gasteiger partial charge on any atom is -0.456 e. The summed E-state index contributed by atoms with van der Waals surface area (Å²) in [6.45, 7) is 19.5. The van der Waals surface area contributed by atoms with Crippen molar-refractivity contribution in [2.45, 2.75) is 146 Å². The van der Waals surface area contributed by atoms with Crippen molar-refractivity contribution in [1.82, 2.24) is 58.6 Å². The van der Waals surface area contributed by atoms with Gasteiger partial charge in [-0.05, 0) is 118 Å². The lowest BCUT2D eigenvalue weighted by molar-refractivity contribution is -0.165. The fourth-order valence-electron chi connectivity index (χ4n) is 13.2. The molecular formula is C71H102BrCl3N16O20P6Si. The summed E-state index contributed by atoms with van der Waals surface area (Å²) in [6.07, 6.45) is -8.61. The second kappa shape index (κ2) is 42.0. The maximum atomic E-state index is 13.2. The molecule has 0 amide bonds. The maximum absolute atomic E-state index is 13.2. The second-order valence-corrected chi connectivity index (χ2v) is 62.1. The van der Waals surface area contributed by atoms with Gasteiger partial charge in [0, 0.05) is 52.0 Å². The average molecular weight is 1900 g/mol. The molecule has 36 nitrogen and oxygen atoms in total. The van der Waals surface area contributed by atoms with E-state index in [1.54, 1.807) is 44.6 Å². The van der Waals surface area contributed by atoms with E-state index in [9.17, 15) is 62.3 Å². The second-order valence-electron chi connectivity index (χ2n) is 30.6. The summed E-state index contributed by atoms with van der Waals surface area (Å²) in [4.78, 5) is 90.7.